The van der Waals surface area contributed by atoms with Crippen LogP contribution in [-0.2, 0) is 21.2 Å². The van der Waals surface area contributed by atoms with E-state index in [1.54, 1.807) is 18.2 Å². The largest absolute Gasteiger partial charge is 0.496 e. The predicted molar refractivity (Wildman–Crippen MR) is 91.0 cm³/mol. The van der Waals surface area contributed by atoms with Gasteiger partial charge in [0.25, 0.3) is 15.9 Å². The van der Waals surface area contributed by atoms with E-state index in [0.717, 1.165) is 0 Å². The van der Waals surface area contributed by atoms with Gasteiger partial charge in [-0.2, -0.15) is 0 Å². The van der Waals surface area contributed by atoms with Gasteiger partial charge in [0.2, 0.25) is 5.91 Å². The summed E-state index contributed by atoms with van der Waals surface area (Å²) in [6.07, 6.45) is 0.745. The molecule has 25 heavy (non-hydrogen) atoms. The molecular weight excluding hydrogens is 344 g/mol. The smallest absolute Gasteiger partial charge is 0.268 e. The third-order valence-corrected chi connectivity index (χ3v) is 5.19. The Morgan fingerprint density at radius 3 is 2.68 bits per heavy atom. The number of hydrogen-bond acceptors (Lipinski definition) is 5. The van der Waals surface area contributed by atoms with Crippen LogP contribution in [0, 0.1) is 0 Å². The monoisotopic (exact) mass is 360 g/mol. The summed E-state index contributed by atoms with van der Waals surface area (Å²) in [6.45, 7) is 0. The lowest BCUT2D eigenvalue weighted by atomic mass is 10.0. The van der Waals surface area contributed by atoms with Crippen LogP contribution in [0.3, 0.4) is 0 Å². The molecule has 1 aliphatic rings. The van der Waals surface area contributed by atoms with Gasteiger partial charge in [0, 0.05) is 12.1 Å². The molecule has 2 amide bonds. The lowest BCUT2D eigenvalue weighted by molar-refractivity contribution is -0.116. The molecule has 0 radical (unpaired) electrons. The van der Waals surface area contributed by atoms with Gasteiger partial charge in [0.1, 0.15) is 5.75 Å². The number of aryl methyl sites for hydroxylation is 1. The number of carbonyl (C=O) groups is 2. The fourth-order valence-electron chi connectivity index (χ4n) is 2.60. The zero-order valence-corrected chi connectivity index (χ0v) is 14.2. The quantitative estimate of drug-likeness (QED) is 0.864. The standard InChI is InChI=1S/C17H16N2O5S/c1-24-15-5-3-2-4-13(15)17(21)19-25(22,23)12-7-8-14-11(10-12)6-9-16(20)18-14/h2-5,7-8,10H,6,9H2,1H3,(H,18,20)(H,19,21). The van der Waals surface area contributed by atoms with Gasteiger partial charge in [0.15, 0.2) is 0 Å². The summed E-state index contributed by atoms with van der Waals surface area (Å²) in [6, 6.07) is 10.7. The molecule has 0 atom stereocenters. The van der Waals surface area contributed by atoms with E-state index in [9.17, 15) is 18.0 Å². The molecular formula is C17H16N2O5S. The van der Waals surface area contributed by atoms with Crippen molar-refractivity contribution in [2.24, 2.45) is 0 Å². The number of hydrogen-bond donors (Lipinski definition) is 2. The van der Waals surface area contributed by atoms with Crippen molar-refractivity contribution in [2.45, 2.75) is 17.7 Å². The SMILES string of the molecule is COc1ccccc1C(=O)NS(=O)(=O)c1ccc2c(c1)CCC(=O)N2. The second-order valence-electron chi connectivity index (χ2n) is 5.50. The van der Waals surface area contributed by atoms with Crippen LogP contribution >= 0.6 is 0 Å². The molecule has 2 aromatic rings. The van der Waals surface area contributed by atoms with Crippen LogP contribution in [0.5, 0.6) is 5.75 Å². The van der Waals surface area contributed by atoms with Crippen LogP contribution in [-0.4, -0.2) is 27.3 Å². The Hall–Kier alpha value is -2.87. The number of benzene rings is 2. The highest BCUT2D eigenvalue weighted by atomic mass is 32.2. The fraction of sp³-hybridized carbons (Fsp3) is 0.176. The third-order valence-electron chi connectivity index (χ3n) is 3.86. The van der Waals surface area contributed by atoms with E-state index >= 15 is 0 Å². The first-order valence-corrected chi connectivity index (χ1v) is 9.02. The molecule has 0 fully saturated rings. The highest BCUT2D eigenvalue weighted by molar-refractivity contribution is 7.90. The van der Waals surface area contributed by atoms with Gasteiger partial charge in [-0.3, -0.25) is 9.59 Å². The maximum atomic E-state index is 12.5. The molecule has 8 heteroatoms. The summed E-state index contributed by atoms with van der Waals surface area (Å²) in [5.74, 6) is -0.598. The highest BCUT2D eigenvalue weighted by Crippen LogP contribution is 2.26. The van der Waals surface area contributed by atoms with Crippen molar-refractivity contribution >= 4 is 27.5 Å². The number of carbonyl (C=O) groups excluding carboxylic acids is 2. The molecule has 0 aliphatic carbocycles. The van der Waals surface area contributed by atoms with Gasteiger partial charge >= 0.3 is 0 Å². The minimum Gasteiger partial charge on any atom is -0.496 e. The Morgan fingerprint density at radius 2 is 1.92 bits per heavy atom. The second kappa shape index (κ2) is 6.56. The topological polar surface area (TPSA) is 102 Å². The average Bonchev–Trinajstić information content (AvgIpc) is 2.60. The van der Waals surface area contributed by atoms with E-state index in [1.807, 2.05) is 4.72 Å². The summed E-state index contributed by atoms with van der Waals surface area (Å²) in [5.41, 5.74) is 1.43. The molecule has 0 bridgehead atoms. The molecule has 0 spiro atoms. The van der Waals surface area contributed by atoms with Crippen molar-refractivity contribution in [3.05, 3.63) is 53.6 Å². The number of ether oxygens (including phenoxy) is 1. The van der Waals surface area contributed by atoms with E-state index in [0.29, 0.717) is 24.1 Å². The summed E-state index contributed by atoms with van der Waals surface area (Å²) in [7, 11) is -2.65. The summed E-state index contributed by atoms with van der Waals surface area (Å²) in [5, 5.41) is 2.68. The fourth-order valence-corrected chi connectivity index (χ4v) is 3.61. The van der Waals surface area contributed by atoms with Crippen molar-refractivity contribution in [2.75, 3.05) is 12.4 Å². The molecule has 2 aromatic carbocycles. The maximum absolute atomic E-state index is 12.5. The van der Waals surface area contributed by atoms with Crippen LogP contribution in [0.1, 0.15) is 22.3 Å². The lowest BCUT2D eigenvalue weighted by Crippen LogP contribution is -2.31. The van der Waals surface area contributed by atoms with Crippen molar-refractivity contribution in [3.63, 3.8) is 0 Å². The van der Waals surface area contributed by atoms with Gasteiger partial charge < -0.3 is 10.1 Å². The summed E-state index contributed by atoms with van der Waals surface area (Å²) < 4.78 is 32.1. The molecule has 7 nitrogen and oxygen atoms in total. The van der Waals surface area contributed by atoms with Crippen LogP contribution in [0.4, 0.5) is 5.69 Å². The molecule has 0 saturated heterocycles. The molecule has 0 saturated carbocycles. The lowest BCUT2D eigenvalue weighted by Gasteiger charge is -2.17. The second-order valence-corrected chi connectivity index (χ2v) is 7.18. The molecule has 0 aromatic heterocycles. The third kappa shape index (κ3) is 3.48. The molecule has 1 heterocycles. The zero-order chi connectivity index (χ0) is 18.0. The van der Waals surface area contributed by atoms with Gasteiger partial charge in [-0.15, -0.1) is 0 Å². The Bertz CT molecular complexity index is 953. The van der Waals surface area contributed by atoms with E-state index in [1.165, 1.54) is 31.4 Å². The van der Waals surface area contributed by atoms with Gasteiger partial charge in [-0.05, 0) is 42.3 Å². The molecule has 2 N–H and O–H groups in total. The predicted octanol–water partition coefficient (Wildman–Crippen LogP) is 1.70. The number of para-hydroxylation sites is 1. The van der Waals surface area contributed by atoms with Crippen LogP contribution < -0.4 is 14.8 Å². The molecule has 130 valence electrons. The number of fused-ring (bicyclic) bond motifs is 1. The normalized spacial score (nSPS) is 13.6. The Morgan fingerprint density at radius 1 is 1.16 bits per heavy atom. The van der Waals surface area contributed by atoms with Crippen molar-refractivity contribution in [3.8, 4) is 5.75 Å². The number of anilines is 1. The minimum atomic E-state index is -4.05. The van der Waals surface area contributed by atoms with Crippen LogP contribution in [0.2, 0.25) is 0 Å². The molecule has 3 rings (SSSR count). The molecule has 0 unspecified atom stereocenters. The Balaban J connectivity index is 1.87. The highest BCUT2D eigenvalue weighted by Gasteiger charge is 2.23. The summed E-state index contributed by atoms with van der Waals surface area (Å²) in [4.78, 5) is 23.7. The van der Waals surface area contributed by atoms with E-state index < -0.39 is 15.9 Å². The van der Waals surface area contributed by atoms with E-state index in [2.05, 4.69) is 5.32 Å². The van der Waals surface area contributed by atoms with Gasteiger partial charge in [-0.1, -0.05) is 12.1 Å². The number of amides is 2. The first kappa shape index (κ1) is 17.0. The number of sulfonamides is 1. The minimum absolute atomic E-state index is 0.0364. The van der Waals surface area contributed by atoms with Crippen LogP contribution in [0.15, 0.2) is 47.4 Å². The number of nitrogens with one attached hydrogen (secondary N) is 2. The van der Waals surface area contributed by atoms with E-state index in [-0.39, 0.29) is 22.1 Å². The summed E-state index contributed by atoms with van der Waals surface area (Å²) >= 11 is 0. The van der Waals surface area contributed by atoms with E-state index in [4.69, 9.17) is 4.74 Å². The van der Waals surface area contributed by atoms with Gasteiger partial charge in [-0.25, -0.2) is 13.1 Å². The Kier molecular flexibility index (Phi) is 4.45. The first-order chi connectivity index (χ1) is 11.9. The maximum Gasteiger partial charge on any atom is 0.268 e. The van der Waals surface area contributed by atoms with Crippen molar-refractivity contribution in [1.29, 1.82) is 0 Å². The van der Waals surface area contributed by atoms with Gasteiger partial charge in [0.05, 0.1) is 17.6 Å². The van der Waals surface area contributed by atoms with Crippen molar-refractivity contribution in [1.82, 2.24) is 4.72 Å². The number of methoxy groups -OCH3 is 1. The average molecular weight is 360 g/mol. The molecule has 1 aliphatic heterocycles. The van der Waals surface area contributed by atoms with Crippen LogP contribution in [0.25, 0.3) is 0 Å². The Labute approximate surface area is 145 Å². The van der Waals surface area contributed by atoms with Crippen molar-refractivity contribution < 1.29 is 22.7 Å². The zero-order valence-electron chi connectivity index (χ0n) is 13.4. The first-order valence-electron chi connectivity index (χ1n) is 7.53. The number of rotatable bonds is 4.